The molecule has 2 heterocycles. The minimum absolute atomic E-state index is 0.162. The number of aromatic nitrogens is 2. The fourth-order valence-corrected chi connectivity index (χ4v) is 4.43. The first-order chi connectivity index (χ1) is 13.9. The molecule has 0 N–H and O–H groups in total. The van der Waals surface area contributed by atoms with E-state index in [1.54, 1.807) is 42.5 Å². The Hall–Kier alpha value is -3.61. The summed E-state index contributed by atoms with van der Waals surface area (Å²) >= 11 is 0. The molecule has 0 spiro atoms. The molecule has 1 aliphatic heterocycles. The molecule has 1 aliphatic carbocycles. The van der Waals surface area contributed by atoms with Crippen LogP contribution in [0, 0.1) is 11.7 Å². The topological polar surface area (TPSA) is 73.4 Å². The van der Waals surface area contributed by atoms with E-state index in [0.29, 0.717) is 16.8 Å². The molecule has 2 atom stereocenters. The predicted molar refractivity (Wildman–Crippen MR) is 106 cm³/mol. The molecule has 0 bridgehead atoms. The Kier molecular flexibility index (Phi) is 3.58. The zero-order chi connectivity index (χ0) is 20.4. The second kappa shape index (κ2) is 5.94. The quantitative estimate of drug-likeness (QED) is 0.641. The molecule has 0 saturated heterocycles. The van der Waals surface area contributed by atoms with Gasteiger partial charge < -0.3 is 0 Å². The lowest BCUT2D eigenvalue weighted by Crippen LogP contribution is -2.43. The van der Waals surface area contributed by atoms with Gasteiger partial charge in [-0.25, -0.2) is 14.2 Å². The van der Waals surface area contributed by atoms with Crippen LogP contribution < -0.4 is 11.2 Å². The van der Waals surface area contributed by atoms with Gasteiger partial charge in [0.1, 0.15) is 11.6 Å². The van der Waals surface area contributed by atoms with Crippen molar-refractivity contribution in [2.24, 2.45) is 25.0 Å². The van der Waals surface area contributed by atoms with Crippen molar-refractivity contribution in [3.05, 3.63) is 97.4 Å². The van der Waals surface area contributed by atoms with E-state index >= 15 is 0 Å². The summed E-state index contributed by atoms with van der Waals surface area (Å²) in [4.78, 5) is 43.5. The van der Waals surface area contributed by atoms with Crippen molar-refractivity contribution < 1.29 is 9.18 Å². The third-order valence-corrected chi connectivity index (χ3v) is 5.82. The first kappa shape index (κ1) is 17.5. The van der Waals surface area contributed by atoms with E-state index in [0.717, 1.165) is 4.57 Å². The molecule has 0 unspecified atom stereocenters. The zero-order valence-electron chi connectivity index (χ0n) is 15.7. The Bertz CT molecular complexity index is 1370. The summed E-state index contributed by atoms with van der Waals surface area (Å²) in [5, 5.41) is 0. The number of Topliss-reactive ketones (excluding diaryl/α,β-unsaturated/α-hetero) is 1. The molecule has 7 heteroatoms. The summed E-state index contributed by atoms with van der Waals surface area (Å²) in [6, 6.07) is 13.2. The number of hydrogen-bond acceptors (Lipinski definition) is 4. The molecular formula is C22H16FN3O3. The normalized spacial score (nSPS) is 19.4. The number of carbonyl (C=O) groups is 1. The van der Waals surface area contributed by atoms with E-state index in [1.807, 2.05) is 0 Å². The van der Waals surface area contributed by atoms with Gasteiger partial charge in [-0.1, -0.05) is 42.5 Å². The number of halogens is 1. The van der Waals surface area contributed by atoms with E-state index < -0.39 is 28.9 Å². The van der Waals surface area contributed by atoms with E-state index in [-0.39, 0.29) is 22.7 Å². The number of hydrogen-bond donors (Lipinski definition) is 0. The van der Waals surface area contributed by atoms with Crippen molar-refractivity contribution >= 4 is 17.3 Å². The van der Waals surface area contributed by atoms with Gasteiger partial charge in [0.25, 0.3) is 5.56 Å². The van der Waals surface area contributed by atoms with Crippen LogP contribution in [-0.4, -0.2) is 20.6 Å². The van der Waals surface area contributed by atoms with Crippen molar-refractivity contribution in [3.63, 3.8) is 0 Å². The standard InChI is InChI=1S/C22H16FN3O3/c1-25-20-17(21(28)26(2)22(25)29)15(13-9-5-6-10-14(13)23)16-18(24-20)11-7-3-4-8-12(11)19(16)27/h3-10,15-16H,1-2H3/t15-,16-/m1/s1. The number of aliphatic imine (C=N–C) groups is 1. The predicted octanol–water partition coefficient (Wildman–Crippen LogP) is 2.30. The summed E-state index contributed by atoms with van der Waals surface area (Å²) in [6.07, 6.45) is 0. The fourth-order valence-electron chi connectivity index (χ4n) is 4.43. The average Bonchev–Trinajstić information content (AvgIpc) is 3.02. The van der Waals surface area contributed by atoms with Crippen LogP contribution in [0.5, 0.6) is 0 Å². The van der Waals surface area contributed by atoms with Crippen molar-refractivity contribution in [3.8, 4) is 0 Å². The molecule has 0 saturated carbocycles. The Morgan fingerprint density at radius 3 is 2.24 bits per heavy atom. The van der Waals surface area contributed by atoms with E-state index in [1.165, 1.54) is 24.7 Å². The van der Waals surface area contributed by atoms with Crippen LogP contribution in [-0.2, 0) is 14.1 Å². The highest BCUT2D eigenvalue weighted by atomic mass is 19.1. The molecule has 144 valence electrons. The number of rotatable bonds is 1. The third-order valence-electron chi connectivity index (χ3n) is 5.82. The summed E-state index contributed by atoms with van der Waals surface area (Å²) in [5.41, 5.74) is 0.923. The van der Waals surface area contributed by atoms with Gasteiger partial charge in [-0.15, -0.1) is 0 Å². The second-order valence-electron chi connectivity index (χ2n) is 7.33. The van der Waals surface area contributed by atoms with Gasteiger partial charge in [0.15, 0.2) is 5.78 Å². The van der Waals surface area contributed by atoms with Gasteiger partial charge in [-0.3, -0.25) is 18.7 Å². The van der Waals surface area contributed by atoms with Gasteiger partial charge in [-0.2, -0.15) is 0 Å². The highest BCUT2D eigenvalue weighted by Crippen LogP contribution is 2.46. The number of benzene rings is 2. The van der Waals surface area contributed by atoms with Crippen molar-refractivity contribution in [2.45, 2.75) is 5.92 Å². The molecule has 0 radical (unpaired) electrons. The van der Waals surface area contributed by atoms with E-state index in [2.05, 4.69) is 4.99 Å². The summed E-state index contributed by atoms with van der Waals surface area (Å²) < 4.78 is 17.1. The zero-order valence-corrected chi connectivity index (χ0v) is 15.7. The van der Waals surface area contributed by atoms with E-state index in [4.69, 9.17) is 0 Å². The van der Waals surface area contributed by atoms with Gasteiger partial charge >= 0.3 is 5.69 Å². The molecule has 3 aromatic rings. The van der Waals surface area contributed by atoms with Crippen molar-refractivity contribution in [1.82, 2.24) is 9.13 Å². The van der Waals surface area contributed by atoms with Gasteiger partial charge in [0, 0.05) is 31.1 Å². The molecule has 1 aromatic heterocycles. The number of carbonyl (C=O) groups excluding carboxylic acids is 1. The first-order valence-corrected chi connectivity index (χ1v) is 9.18. The Labute approximate surface area is 164 Å². The van der Waals surface area contributed by atoms with Gasteiger partial charge in [0.2, 0.25) is 0 Å². The van der Waals surface area contributed by atoms with Crippen LogP contribution in [0.4, 0.5) is 10.2 Å². The summed E-state index contributed by atoms with van der Waals surface area (Å²) in [7, 11) is 2.89. The maximum Gasteiger partial charge on any atom is 0.332 e. The molecule has 0 fully saturated rings. The maximum absolute atomic E-state index is 14.9. The lowest BCUT2D eigenvalue weighted by Gasteiger charge is -2.30. The largest absolute Gasteiger partial charge is 0.332 e. The fraction of sp³-hybridized carbons (Fsp3) is 0.182. The molecule has 0 amide bonds. The third kappa shape index (κ3) is 2.21. The molecule has 2 aromatic carbocycles. The van der Waals surface area contributed by atoms with Crippen LogP contribution in [0.15, 0.2) is 63.1 Å². The maximum atomic E-state index is 14.9. The number of nitrogens with zero attached hydrogens (tertiary/aromatic N) is 3. The molecule has 2 aliphatic rings. The van der Waals surface area contributed by atoms with Gasteiger partial charge in [-0.05, 0) is 11.6 Å². The van der Waals surface area contributed by atoms with E-state index in [9.17, 15) is 18.8 Å². The Morgan fingerprint density at radius 2 is 1.52 bits per heavy atom. The minimum atomic E-state index is -0.871. The van der Waals surface area contributed by atoms with Crippen LogP contribution in [0.1, 0.15) is 33.0 Å². The molecule has 29 heavy (non-hydrogen) atoms. The van der Waals surface area contributed by atoms with Gasteiger partial charge in [0.05, 0.1) is 17.2 Å². The molecule has 6 nitrogen and oxygen atoms in total. The second-order valence-corrected chi connectivity index (χ2v) is 7.33. The number of ketones is 1. The monoisotopic (exact) mass is 389 g/mol. The lowest BCUT2D eigenvalue weighted by atomic mass is 9.76. The van der Waals surface area contributed by atoms with Crippen LogP contribution in [0.2, 0.25) is 0 Å². The summed E-state index contributed by atoms with van der Waals surface area (Å²) in [6.45, 7) is 0. The minimum Gasteiger partial charge on any atom is -0.293 e. The Balaban J connectivity index is 1.94. The number of fused-ring (bicyclic) bond motifs is 4. The average molecular weight is 389 g/mol. The van der Waals surface area contributed by atoms with Crippen LogP contribution >= 0.6 is 0 Å². The Morgan fingerprint density at radius 1 is 0.862 bits per heavy atom. The highest BCUT2D eigenvalue weighted by Gasteiger charge is 2.48. The lowest BCUT2D eigenvalue weighted by molar-refractivity contribution is 0.0952. The first-order valence-electron chi connectivity index (χ1n) is 9.18. The SMILES string of the molecule is Cn1c2c(c(=O)n(C)c1=O)[C@H](c1ccccc1F)[C@H]1C(=O)c3ccccc3C1=N2. The van der Waals surface area contributed by atoms with Crippen LogP contribution in [0.3, 0.4) is 0 Å². The molecule has 5 rings (SSSR count). The van der Waals surface area contributed by atoms with Crippen LogP contribution in [0.25, 0.3) is 0 Å². The van der Waals surface area contributed by atoms with Crippen molar-refractivity contribution in [2.75, 3.05) is 0 Å². The molecular weight excluding hydrogens is 373 g/mol. The highest BCUT2D eigenvalue weighted by molar-refractivity contribution is 6.30. The summed E-state index contributed by atoms with van der Waals surface area (Å²) in [5.74, 6) is -2.23. The van der Waals surface area contributed by atoms with Crippen molar-refractivity contribution in [1.29, 1.82) is 0 Å². The smallest absolute Gasteiger partial charge is 0.293 e.